The van der Waals surface area contributed by atoms with Gasteiger partial charge in [-0.05, 0) is 30.3 Å². The molecule has 4 nitrogen and oxygen atoms in total. The van der Waals surface area contributed by atoms with Gasteiger partial charge in [-0.3, -0.25) is 4.79 Å². The third kappa shape index (κ3) is 4.61. The van der Waals surface area contributed by atoms with Gasteiger partial charge < -0.3 is 15.1 Å². The molecule has 22 heavy (non-hydrogen) atoms. The Kier molecular flexibility index (Phi) is 5.75. The van der Waals surface area contributed by atoms with E-state index in [9.17, 15) is 4.79 Å². The quantitative estimate of drug-likeness (QED) is 0.551. The van der Waals surface area contributed by atoms with E-state index in [0.717, 1.165) is 0 Å². The SMILES string of the molecule is O=C(N[C@@H](Nc1ccc(Cl)cc1Cl)C(Cl)(Cl)Cl)c1ccco1. The molecule has 1 heterocycles. The van der Waals surface area contributed by atoms with Gasteiger partial charge in [0.15, 0.2) is 5.76 Å². The molecule has 0 unspecified atom stereocenters. The van der Waals surface area contributed by atoms with Gasteiger partial charge >= 0.3 is 0 Å². The minimum atomic E-state index is -1.83. The Hall–Kier alpha value is -0.780. The number of anilines is 1. The molecule has 2 rings (SSSR count). The molecule has 0 saturated carbocycles. The maximum absolute atomic E-state index is 12.0. The molecular weight excluding hydrogens is 393 g/mol. The molecule has 9 heteroatoms. The number of alkyl halides is 3. The van der Waals surface area contributed by atoms with Crippen LogP contribution in [0.5, 0.6) is 0 Å². The van der Waals surface area contributed by atoms with Gasteiger partial charge in [-0.1, -0.05) is 58.0 Å². The lowest BCUT2D eigenvalue weighted by Gasteiger charge is -2.27. The van der Waals surface area contributed by atoms with E-state index < -0.39 is 15.9 Å². The lowest BCUT2D eigenvalue weighted by molar-refractivity contribution is 0.0914. The van der Waals surface area contributed by atoms with Gasteiger partial charge in [0, 0.05) is 5.02 Å². The molecule has 0 aliphatic carbocycles. The van der Waals surface area contributed by atoms with Crippen LogP contribution in [0.1, 0.15) is 10.6 Å². The molecule has 0 radical (unpaired) electrons. The molecule has 1 atom stereocenters. The number of benzene rings is 1. The van der Waals surface area contributed by atoms with E-state index >= 15 is 0 Å². The number of amides is 1. The molecule has 0 aliphatic rings. The number of hydrogen-bond acceptors (Lipinski definition) is 3. The predicted molar refractivity (Wildman–Crippen MR) is 90.3 cm³/mol. The highest BCUT2D eigenvalue weighted by Crippen LogP contribution is 2.33. The monoisotopic (exact) mass is 400 g/mol. The van der Waals surface area contributed by atoms with Crippen LogP contribution in [0.15, 0.2) is 41.0 Å². The summed E-state index contributed by atoms with van der Waals surface area (Å²) in [4.78, 5) is 12.0. The molecule has 1 amide bonds. The summed E-state index contributed by atoms with van der Waals surface area (Å²) in [6, 6.07) is 7.80. The van der Waals surface area contributed by atoms with Crippen LogP contribution in [0.2, 0.25) is 10.0 Å². The van der Waals surface area contributed by atoms with E-state index in [1.807, 2.05) is 0 Å². The van der Waals surface area contributed by atoms with Gasteiger partial charge in [0.2, 0.25) is 3.79 Å². The van der Waals surface area contributed by atoms with Crippen LogP contribution in [0, 0.1) is 0 Å². The zero-order valence-corrected chi connectivity index (χ0v) is 14.5. The maximum Gasteiger partial charge on any atom is 0.288 e. The fourth-order valence-corrected chi connectivity index (χ4v) is 2.36. The van der Waals surface area contributed by atoms with E-state index in [0.29, 0.717) is 15.7 Å². The van der Waals surface area contributed by atoms with E-state index in [1.165, 1.54) is 18.4 Å². The number of carbonyl (C=O) groups excluding carboxylic acids is 1. The summed E-state index contributed by atoms with van der Waals surface area (Å²) < 4.78 is 3.16. The number of furan rings is 1. The maximum atomic E-state index is 12.0. The lowest BCUT2D eigenvalue weighted by atomic mass is 10.3. The average Bonchev–Trinajstić information content (AvgIpc) is 2.93. The van der Waals surface area contributed by atoms with Crippen LogP contribution in [0.25, 0.3) is 0 Å². The number of halogens is 5. The second-order valence-electron chi connectivity index (χ2n) is 4.19. The standard InChI is InChI=1S/C13H9Cl5N2O2/c14-7-3-4-9(8(15)6-7)19-12(13(16,17)18)20-11(21)10-2-1-5-22-10/h1-6,12,19H,(H,20,21)/t12-/m1/s1. The van der Waals surface area contributed by atoms with Gasteiger partial charge in [-0.25, -0.2) is 0 Å². The molecule has 1 aromatic carbocycles. The van der Waals surface area contributed by atoms with Crippen molar-refractivity contribution in [2.45, 2.75) is 9.96 Å². The van der Waals surface area contributed by atoms with Crippen molar-refractivity contribution in [2.24, 2.45) is 0 Å². The Morgan fingerprint density at radius 3 is 2.45 bits per heavy atom. The molecule has 1 aromatic heterocycles. The smallest absolute Gasteiger partial charge is 0.288 e. The van der Waals surface area contributed by atoms with E-state index in [2.05, 4.69) is 10.6 Å². The Morgan fingerprint density at radius 2 is 1.91 bits per heavy atom. The number of nitrogens with one attached hydrogen (secondary N) is 2. The fourth-order valence-electron chi connectivity index (χ4n) is 1.57. The molecular formula is C13H9Cl5N2O2. The van der Waals surface area contributed by atoms with E-state index in [-0.39, 0.29) is 5.76 Å². The lowest BCUT2D eigenvalue weighted by Crippen LogP contribution is -2.49. The molecule has 2 aromatic rings. The zero-order valence-electron chi connectivity index (χ0n) is 10.7. The first-order valence-corrected chi connectivity index (χ1v) is 7.79. The topological polar surface area (TPSA) is 54.3 Å². The molecule has 0 fully saturated rings. The number of hydrogen-bond donors (Lipinski definition) is 2. The summed E-state index contributed by atoms with van der Waals surface area (Å²) in [7, 11) is 0. The molecule has 118 valence electrons. The highest BCUT2D eigenvalue weighted by Gasteiger charge is 2.35. The number of carbonyl (C=O) groups is 1. The summed E-state index contributed by atoms with van der Waals surface area (Å²) in [6.45, 7) is 0. The summed E-state index contributed by atoms with van der Waals surface area (Å²) in [5.74, 6) is -0.456. The van der Waals surface area contributed by atoms with Crippen LogP contribution in [0.3, 0.4) is 0 Å². The minimum Gasteiger partial charge on any atom is -0.459 e. The molecule has 0 saturated heterocycles. The van der Waals surface area contributed by atoms with E-state index in [1.54, 1.807) is 18.2 Å². The largest absolute Gasteiger partial charge is 0.459 e. The van der Waals surface area contributed by atoms with Crippen molar-refractivity contribution in [3.05, 3.63) is 52.4 Å². The second-order valence-corrected chi connectivity index (χ2v) is 7.41. The highest BCUT2D eigenvalue weighted by atomic mass is 35.6. The first-order chi connectivity index (χ1) is 10.3. The molecule has 0 bridgehead atoms. The van der Waals surface area contributed by atoms with Crippen molar-refractivity contribution >= 4 is 69.6 Å². The van der Waals surface area contributed by atoms with E-state index in [4.69, 9.17) is 62.4 Å². The normalized spacial score (nSPS) is 12.8. The van der Waals surface area contributed by atoms with Crippen LogP contribution >= 0.6 is 58.0 Å². The first kappa shape index (κ1) is 17.6. The van der Waals surface area contributed by atoms with Crippen molar-refractivity contribution in [3.8, 4) is 0 Å². The van der Waals surface area contributed by atoms with Crippen LogP contribution in [-0.2, 0) is 0 Å². The van der Waals surface area contributed by atoms with Gasteiger partial charge in [-0.2, -0.15) is 0 Å². The fraction of sp³-hybridized carbons (Fsp3) is 0.154. The molecule has 0 spiro atoms. The summed E-state index contributed by atoms with van der Waals surface area (Å²) in [5.41, 5.74) is 0.446. The second kappa shape index (κ2) is 7.20. The van der Waals surface area contributed by atoms with Crippen molar-refractivity contribution in [3.63, 3.8) is 0 Å². The van der Waals surface area contributed by atoms with Gasteiger partial charge in [0.1, 0.15) is 6.17 Å². The highest BCUT2D eigenvalue weighted by molar-refractivity contribution is 6.68. The number of rotatable bonds is 4. The predicted octanol–water partition coefficient (Wildman–Crippen LogP) is 5.12. The van der Waals surface area contributed by atoms with Crippen LogP contribution < -0.4 is 10.6 Å². The molecule has 0 aliphatic heterocycles. The van der Waals surface area contributed by atoms with Gasteiger partial charge in [0.05, 0.1) is 17.0 Å². The van der Waals surface area contributed by atoms with Crippen molar-refractivity contribution in [1.29, 1.82) is 0 Å². The summed E-state index contributed by atoms with van der Waals surface area (Å²) in [5, 5.41) is 6.14. The Labute approximate surface area is 151 Å². The van der Waals surface area contributed by atoms with Gasteiger partial charge in [-0.15, -0.1) is 0 Å². The van der Waals surface area contributed by atoms with Crippen molar-refractivity contribution in [2.75, 3.05) is 5.32 Å². The Balaban J connectivity index is 2.18. The summed E-state index contributed by atoms with van der Waals surface area (Å²) >= 11 is 29.6. The Bertz CT molecular complexity index is 655. The zero-order chi connectivity index (χ0) is 16.3. The average molecular weight is 402 g/mol. The van der Waals surface area contributed by atoms with Gasteiger partial charge in [0.25, 0.3) is 5.91 Å². The Morgan fingerprint density at radius 1 is 1.18 bits per heavy atom. The third-order valence-electron chi connectivity index (χ3n) is 2.58. The van der Waals surface area contributed by atoms with Crippen molar-refractivity contribution in [1.82, 2.24) is 5.32 Å². The summed E-state index contributed by atoms with van der Waals surface area (Å²) in [6.07, 6.45) is 0.316. The third-order valence-corrected chi connectivity index (χ3v) is 3.78. The van der Waals surface area contributed by atoms with Crippen LogP contribution in [0.4, 0.5) is 5.69 Å². The van der Waals surface area contributed by atoms with Crippen LogP contribution in [-0.4, -0.2) is 15.9 Å². The first-order valence-electron chi connectivity index (χ1n) is 5.90. The van der Waals surface area contributed by atoms with Crippen molar-refractivity contribution < 1.29 is 9.21 Å². The minimum absolute atomic E-state index is 0.0863. The molecule has 2 N–H and O–H groups in total.